The van der Waals surface area contributed by atoms with Gasteiger partial charge in [0.1, 0.15) is 17.3 Å². The summed E-state index contributed by atoms with van der Waals surface area (Å²) in [6.45, 7) is 0. The monoisotopic (exact) mass is 297 g/mol. The quantitative estimate of drug-likeness (QED) is 0.767. The van der Waals surface area contributed by atoms with Gasteiger partial charge in [0.2, 0.25) is 5.91 Å². The van der Waals surface area contributed by atoms with Crippen molar-refractivity contribution >= 4 is 22.4 Å². The first-order valence-corrected chi connectivity index (χ1v) is 6.85. The maximum Gasteiger partial charge on any atom is 0.228 e. The highest BCUT2D eigenvalue weighted by Gasteiger charge is 2.13. The summed E-state index contributed by atoms with van der Waals surface area (Å²) in [6, 6.07) is 16.8. The molecule has 0 radical (unpaired) electrons. The Morgan fingerprint density at radius 1 is 0.864 bits per heavy atom. The average Bonchev–Trinajstić information content (AvgIpc) is 2.51. The number of para-hydroxylation sites is 1. The molecule has 22 heavy (non-hydrogen) atoms. The fourth-order valence-electron chi connectivity index (χ4n) is 2.42. The molecule has 0 bridgehead atoms. The van der Waals surface area contributed by atoms with E-state index in [1.807, 2.05) is 42.5 Å². The number of halogens is 2. The van der Waals surface area contributed by atoms with Crippen LogP contribution in [0.5, 0.6) is 0 Å². The zero-order valence-electron chi connectivity index (χ0n) is 11.6. The van der Waals surface area contributed by atoms with E-state index in [-0.39, 0.29) is 6.42 Å². The van der Waals surface area contributed by atoms with Gasteiger partial charge in [-0.3, -0.25) is 4.79 Å². The maximum atomic E-state index is 13.5. The molecule has 3 rings (SSSR count). The van der Waals surface area contributed by atoms with Crippen molar-refractivity contribution in [2.24, 2.45) is 0 Å². The van der Waals surface area contributed by atoms with Crippen molar-refractivity contribution in [3.05, 3.63) is 77.9 Å². The molecular formula is C18H13F2NO. The van der Waals surface area contributed by atoms with Crippen LogP contribution in [-0.4, -0.2) is 5.91 Å². The van der Waals surface area contributed by atoms with Crippen LogP contribution < -0.4 is 5.32 Å². The summed E-state index contributed by atoms with van der Waals surface area (Å²) in [5.74, 6) is -2.03. The lowest BCUT2D eigenvalue weighted by Gasteiger charge is -2.09. The Morgan fingerprint density at radius 2 is 1.50 bits per heavy atom. The third kappa shape index (κ3) is 2.81. The van der Waals surface area contributed by atoms with Crippen molar-refractivity contribution in [3.8, 4) is 0 Å². The molecule has 4 heteroatoms. The summed E-state index contributed by atoms with van der Waals surface area (Å²) in [7, 11) is 0. The highest BCUT2D eigenvalue weighted by molar-refractivity contribution is 5.96. The summed E-state index contributed by atoms with van der Waals surface area (Å²) in [5.41, 5.74) is 0.403. The van der Waals surface area contributed by atoms with Crippen LogP contribution in [0.2, 0.25) is 0 Å². The number of hydrogen-bond acceptors (Lipinski definition) is 1. The molecule has 0 fully saturated rings. The Bertz CT molecular complexity index is 820. The molecule has 0 unspecified atom stereocenters. The van der Waals surface area contributed by atoms with Gasteiger partial charge in [0.05, 0.1) is 6.42 Å². The zero-order valence-corrected chi connectivity index (χ0v) is 11.6. The van der Waals surface area contributed by atoms with Crippen LogP contribution in [0.3, 0.4) is 0 Å². The largest absolute Gasteiger partial charge is 0.321 e. The molecule has 3 aromatic rings. The second-order valence-corrected chi connectivity index (χ2v) is 4.96. The van der Waals surface area contributed by atoms with Gasteiger partial charge >= 0.3 is 0 Å². The van der Waals surface area contributed by atoms with Crippen LogP contribution in [0.25, 0.3) is 10.8 Å². The molecule has 0 atom stereocenters. The number of amides is 1. The molecule has 1 amide bonds. The SMILES string of the molecule is O=C(Cc1cccc2ccccc12)Nc1c(F)cccc1F. The van der Waals surface area contributed by atoms with E-state index in [2.05, 4.69) is 5.32 Å². The van der Waals surface area contributed by atoms with Gasteiger partial charge < -0.3 is 5.32 Å². The molecule has 2 nitrogen and oxygen atoms in total. The van der Waals surface area contributed by atoms with Gasteiger partial charge in [-0.15, -0.1) is 0 Å². The minimum Gasteiger partial charge on any atom is -0.321 e. The summed E-state index contributed by atoms with van der Waals surface area (Å²) in [6.07, 6.45) is 0.0507. The fraction of sp³-hybridized carbons (Fsp3) is 0.0556. The zero-order chi connectivity index (χ0) is 15.5. The van der Waals surface area contributed by atoms with Gasteiger partial charge in [0.15, 0.2) is 0 Å². The lowest BCUT2D eigenvalue weighted by molar-refractivity contribution is -0.115. The standard InChI is InChI=1S/C18H13F2NO/c19-15-9-4-10-16(20)18(15)21-17(22)11-13-7-3-6-12-5-1-2-8-14(12)13/h1-10H,11H2,(H,21,22). The molecule has 110 valence electrons. The normalized spacial score (nSPS) is 10.6. The van der Waals surface area contributed by atoms with Crippen LogP contribution in [0.1, 0.15) is 5.56 Å². The molecule has 0 saturated carbocycles. The first kappa shape index (κ1) is 14.2. The van der Waals surface area contributed by atoms with E-state index in [4.69, 9.17) is 0 Å². The Hall–Kier alpha value is -2.75. The number of carbonyl (C=O) groups is 1. The van der Waals surface area contributed by atoms with Crippen molar-refractivity contribution < 1.29 is 13.6 Å². The Balaban J connectivity index is 1.85. The van der Waals surface area contributed by atoms with Gasteiger partial charge in [0, 0.05) is 0 Å². The van der Waals surface area contributed by atoms with Crippen LogP contribution in [0.15, 0.2) is 60.7 Å². The Labute approximate surface area is 126 Å². The molecule has 1 N–H and O–H groups in total. The predicted octanol–water partition coefficient (Wildman–Crippen LogP) is 4.30. The van der Waals surface area contributed by atoms with Crippen LogP contribution in [0, 0.1) is 11.6 Å². The summed E-state index contributed by atoms with van der Waals surface area (Å²) < 4.78 is 27.1. The van der Waals surface area contributed by atoms with Crippen molar-refractivity contribution in [3.63, 3.8) is 0 Å². The maximum absolute atomic E-state index is 13.5. The molecule has 3 aromatic carbocycles. The highest BCUT2D eigenvalue weighted by Crippen LogP contribution is 2.21. The average molecular weight is 297 g/mol. The van der Waals surface area contributed by atoms with Gasteiger partial charge in [-0.1, -0.05) is 48.5 Å². The number of rotatable bonds is 3. The Morgan fingerprint density at radius 3 is 2.27 bits per heavy atom. The number of benzene rings is 3. The van der Waals surface area contributed by atoms with Crippen LogP contribution in [-0.2, 0) is 11.2 Å². The summed E-state index contributed by atoms with van der Waals surface area (Å²) >= 11 is 0. The van der Waals surface area contributed by atoms with Crippen molar-refractivity contribution in [1.82, 2.24) is 0 Å². The van der Waals surface area contributed by atoms with E-state index in [1.54, 1.807) is 0 Å². The molecule has 0 saturated heterocycles. The first-order chi connectivity index (χ1) is 10.6. The van der Waals surface area contributed by atoms with E-state index in [0.29, 0.717) is 0 Å². The Kier molecular flexibility index (Phi) is 3.83. The van der Waals surface area contributed by atoms with Crippen molar-refractivity contribution in [2.45, 2.75) is 6.42 Å². The molecule has 0 spiro atoms. The predicted molar refractivity (Wildman–Crippen MR) is 82.6 cm³/mol. The first-order valence-electron chi connectivity index (χ1n) is 6.85. The number of anilines is 1. The number of carbonyl (C=O) groups excluding carboxylic acids is 1. The van der Waals surface area contributed by atoms with E-state index < -0.39 is 23.2 Å². The van der Waals surface area contributed by atoms with Crippen LogP contribution in [0.4, 0.5) is 14.5 Å². The molecule has 0 aliphatic carbocycles. The number of fused-ring (bicyclic) bond motifs is 1. The van der Waals surface area contributed by atoms with E-state index in [1.165, 1.54) is 6.07 Å². The van der Waals surface area contributed by atoms with Gasteiger partial charge in [-0.25, -0.2) is 8.78 Å². The minimum atomic E-state index is -0.786. The fourth-order valence-corrected chi connectivity index (χ4v) is 2.42. The lowest BCUT2D eigenvalue weighted by atomic mass is 10.0. The van der Waals surface area contributed by atoms with Crippen molar-refractivity contribution in [2.75, 3.05) is 5.32 Å². The third-order valence-electron chi connectivity index (χ3n) is 3.46. The topological polar surface area (TPSA) is 29.1 Å². The minimum absolute atomic E-state index is 0.0507. The molecule has 0 heterocycles. The van der Waals surface area contributed by atoms with E-state index in [0.717, 1.165) is 28.5 Å². The second kappa shape index (κ2) is 5.93. The molecule has 0 aliphatic rings. The van der Waals surface area contributed by atoms with Gasteiger partial charge in [-0.2, -0.15) is 0 Å². The summed E-state index contributed by atoms with van der Waals surface area (Å²) in [5, 5.41) is 4.27. The highest BCUT2D eigenvalue weighted by atomic mass is 19.1. The van der Waals surface area contributed by atoms with Crippen LogP contribution >= 0.6 is 0 Å². The lowest BCUT2D eigenvalue weighted by Crippen LogP contribution is -2.16. The number of hydrogen-bond donors (Lipinski definition) is 1. The molecule has 0 aliphatic heterocycles. The van der Waals surface area contributed by atoms with Crippen molar-refractivity contribution in [1.29, 1.82) is 0 Å². The van der Waals surface area contributed by atoms with E-state index in [9.17, 15) is 13.6 Å². The number of nitrogens with one attached hydrogen (secondary N) is 1. The molecule has 0 aromatic heterocycles. The smallest absolute Gasteiger partial charge is 0.228 e. The van der Waals surface area contributed by atoms with Gasteiger partial charge in [0.25, 0.3) is 0 Å². The van der Waals surface area contributed by atoms with Gasteiger partial charge in [-0.05, 0) is 28.5 Å². The third-order valence-corrected chi connectivity index (χ3v) is 3.46. The second-order valence-electron chi connectivity index (χ2n) is 4.96. The molecular weight excluding hydrogens is 284 g/mol. The summed E-state index contributed by atoms with van der Waals surface area (Å²) in [4.78, 5) is 12.1. The van der Waals surface area contributed by atoms with E-state index >= 15 is 0 Å².